The van der Waals surface area contributed by atoms with Crippen LogP contribution < -0.4 is 4.72 Å². The quantitative estimate of drug-likeness (QED) is 0.606. The molecule has 2 aromatic carbocycles. The number of fused-ring (bicyclic) bond motifs is 1. The molecule has 0 spiro atoms. The first kappa shape index (κ1) is 20.4. The second-order valence-electron chi connectivity index (χ2n) is 8.40. The maximum absolute atomic E-state index is 12.7. The number of sulfonamides is 1. The monoisotopic (exact) mass is 452 g/mol. The molecule has 1 aliphatic carbocycles. The van der Waals surface area contributed by atoms with Gasteiger partial charge >= 0.3 is 0 Å². The summed E-state index contributed by atoms with van der Waals surface area (Å²) in [6, 6.07) is 14.1. The summed E-state index contributed by atoms with van der Waals surface area (Å²) in [6.45, 7) is 2.47. The third-order valence-corrected chi connectivity index (χ3v) is 8.90. The number of nitrogens with zero attached hydrogens (tertiary/aromatic N) is 3. The Kier molecular flexibility index (Phi) is 5.42. The average Bonchev–Trinajstić information content (AvgIpc) is 3.16. The van der Waals surface area contributed by atoms with Gasteiger partial charge in [0.25, 0.3) is 10.0 Å². The topological polar surface area (TPSA) is 86.1 Å². The second kappa shape index (κ2) is 8.23. The van der Waals surface area contributed by atoms with Gasteiger partial charge in [0.1, 0.15) is 0 Å². The van der Waals surface area contributed by atoms with E-state index in [1.54, 1.807) is 17.4 Å². The van der Waals surface area contributed by atoms with Gasteiger partial charge in [-0.2, -0.15) is 5.26 Å². The van der Waals surface area contributed by atoms with Crippen molar-refractivity contribution in [2.45, 2.75) is 49.0 Å². The van der Waals surface area contributed by atoms with Crippen molar-refractivity contribution in [3.8, 4) is 6.07 Å². The minimum atomic E-state index is -3.71. The Labute approximate surface area is 186 Å². The van der Waals surface area contributed by atoms with Crippen LogP contribution in [0, 0.1) is 11.3 Å². The summed E-state index contributed by atoms with van der Waals surface area (Å²) in [4.78, 5) is 7.60. The smallest absolute Gasteiger partial charge is 0.261 e. The third kappa shape index (κ3) is 4.18. The zero-order valence-corrected chi connectivity index (χ0v) is 18.8. The van der Waals surface area contributed by atoms with Gasteiger partial charge in [0.15, 0.2) is 0 Å². The van der Waals surface area contributed by atoms with Gasteiger partial charge in [0, 0.05) is 12.0 Å². The number of hydrogen-bond acceptors (Lipinski definition) is 6. The van der Waals surface area contributed by atoms with Gasteiger partial charge in [0.05, 0.1) is 37.4 Å². The lowest BCUT2D eigenvalue weighted by Gasteiger charge is -2.43. The van der Waals surface area contributed by atoms with Crippen molar-refractivity contribution >= 4 is 37.3 Å². The summed E-state index contributed by atoms with van der Waals surface area (Å²) in [5.41, 5.74) is 1.87. The standard InChI is InChI=1S/C23H24N4O2S2/c24-15-16-4-7-20(8-5-16)31(28,29)26-18-6-9-21-22(14-18)30-23(25-21)17-12-19(13-17)27-10-2-1-3-11-27/h4-9,14,17,19,26H,1-3,10-13H2. The van der Waals surface area contributed by atoms with Crippen molar-refractivity contribution in [2.24, 2.45) is 0 Å². The fourth-order valence-electron chi connectivity index (χ4n) is 4.47. The molecule has 1 aliphatic heterocycles. The number of rotatable bonds is 5. The van der Waals surface area contributed by atoms with Crippen molar-refractivity contribution in [3.05, 3.63) is 53.0 Å². The lowest BCUT2D eigenvalue weighted by Crippen LogP contribution is -2.46. The zero-order chi connectivity index (χ0) is 21.4. The van der Waals surface area contributed by atoms with Crippen LogP contribution in [-0.4, -0.2) is 37.4 Å². The number of anilines is 1. The predicted octanol–water partition coefficient (Wildman–Crippen LogP) is 4.70. The molecule has 3 aromatic rings. The van der Waals surface area contributed by atoms with Gasteiger partial charge in [0.2, 0.25) is 0 Å². The molecule has 160 valence electrons. The number of nitriles is 1. The second-order valence-corrected chi connectivity index (χ2v) is 11.1. The first-order valence-electron chi connectivity index (χ1n) is 10.7. The number of thiazole rings is 1. The molecule has 5 rings (SSSR count). The van der Waals surface area contributed by atoms with Gasteiger partial charge < -0.3 is 4.90 Å². The van der Waals surface area contributed by atoms with Crippen LogP contribution in [0.3, 0.4) is 0 Å². The first-order chi connectivity index (χ1) is 15.0. The zero-order valence-electron chi connectivity index (χ0n) is 17.1. The van der Waals surface area contributed by atoms with E-state index in [1.807, 2.05) is 18.2 Å². The summed E-state index contributed by atoms with van der Waals surface area (Å²) in [5.74, 6) is 0.517. The molecular formula is C23H24N4O2S2. The van der Waals surface area contributed by atoms with E-state index in [0.29, 0.717) is 23.2 Å². The Hall–Kier alpha value is -2.47. The van der Waals surface area contributed by atoms with E-state index in [0.717, 1.165) is 15.2 Å². The van der Waals surface area contributed by atoms with E-state index in [9.17, 15) is 8.42 Å². The normalized spacial score (nSPS) is 22.0. The molecule has 0 bridgehead atoms. The summed E-state index contributed by atoms with van der Waals surface area (Å²) in [7, 11) is -3.71. The van der Waals surface area contributed by atoms with Crippen molar-refractivity contribution in [2.75, 3.05) is 17.8 Å². The molecule has 0 atom stereocenters. The van der Waals surface area contributed by atoms with Crippen LogP contribution in [0.1, 0.15) is 48.6 Å². The number of benzene rings is 2. The summed E-state index contributed by atoms with van der Waals surface area (Å²) < 4.78 is 29.0. The van der Waals surface area contributed by atoms with Gasteiger partial charge in [-0.1, -0.05) is 6.42 Å². The molecule has 8 heteroatoms. The van der Waals surface area contributed by atoms with Crippen LogP contribution in [0.15, 0.2) is 47.4 Å². The van der Waals surface area contributed by atoms with E-state index in [-0.39, 0.29) is 4.90 Å². The van der Waals surface area contributed by atoms with Gasteiger partial charge in [-0.15, -0.1) is 11.3 Å². The lowest BCUT2D eigenvalue weighted by molar-refractivity contribution is 0.0888. The fraction of sp³-hybridized carbons (Fsp3) is 0.391. The van der Waals surface area contributed by atoms with Crippen LogP contribution in [0.25, 0.3) is 10.2 Å². The highest BCUT2D eigenvalue weighted by molar-refractivity contribution is 7.92. The van der Waals surface area contributed by atoms with Gasteiger partial charge in [-0.25, -0.2) is 13.4 Å². The molecule has 1 N–H and O–H groups in total. The van der Waals surface area contributed by atoms with Crippen molar-refractivity contribution < 1.29 is 8.42 Å². The Balaban J connectivity index is 1.29. The molecule has 1 saturated carbocycles. The maximum atomic E-state index is 12.7. The van der Waals surface area contributed by atoms with Crippen LogP contribution >= 0.6 is 11.3 Å². The number of piperidine rings is 1. The highest BCUT2D eigenvalue weighted by atomic mass is 32.2. The Morgan fingerprint density at radius 3 is 2.52 bits per heavy atom. The van der Waals surface area contributed by atoms with E-state index in [1.165, 1.54) is 69.5 Å². The highest BCUT2D eigenvalue weighted by Gasteiger charge is 2.36. The summed E-state index contributed by atoms with van der Waals surface area (Å²) in [6.07, 6.45) is 6.37. The van der Waals surface area contributed by atoms with E-state index in [4.69, 9.17) is 10.2 Å². The first-order valence-corrected chi connectivity index (χ1v) is 13.0. The molecule has 0 radical (unpaired) electrons. The molecular weight excluding hydrogens is 428 g/mol. The van der Waals surface area contributed by atoms with Crippen LogP contribution in [0.2, 0.25) is 0 Å². The Morgan fingerprint density at radius 2 is 1.81 bits per heavy atom. The molecule has 2 fully saturated rings. The summed E-state index contributed by atoms with van der Waals surface area (Å²) >= 11 is 1.67. The minimum Gasteiger partial charge on any atom is -0.300 e. The minimum absolute atomic E-state index is 0.134. The fourth-order valence-corrected chi connectivity index (χ4v) is 6.66. The molecule has 2 heterocycles. The van der Waals surface area contributed by atoms with E-state index < -0.39 is 10.0 Å². The largest absolute Gasteiger partial charge is 0.300 e. The third-order valence-electron chi connectivity index (χ3n) is 6.32. The van der Waals surface area contributed by atoms with Crippen molar-refractivity contribution in [1.82, 2.24) is 9.88 Å². The van der Waals surface area contributed by atoms with E-state index in [2.05, 4.69) is 9.62 Å². The van der Waals surface area contributed by atoms with Crippen molar-refractivity contribution in [1.29, 1.82) is 5.26 Å². The highest BCUT2D eigenvalue weighted by Crippen LogP contribution is 2.43. The van der Waals surface area contributed by atoms with Gasteiger partial charge in [-0.05, 0) is 81.2 Å². The van der Waals surface area contributed by atoms with Crippen LogP contribution in [0.5, 0.6) is 0 Å². The number of likely N-dealkylation sites (tertiary alicyclic amines) is 1. The molecule has 0 unspecified atom stereocenters. The van der Waals surface area contributed by atoms with Crippen molar-refractivity contribution in [3.63, 3.8) is 0 Å². The molecule has 0 amide bonds. The van der Waals surface area contributed by atoms with E-state index >= 15 is 0 Å². The SMILES string of the molecule is N#Cc1ccc(S(=O)(=O)Nc2ccc3nc(C4CC(N5CCCCC5)C4)sc3c2)cc1. The molecule has 2 aliphatic rings. The predicted molar refractivity (Wildman–Crippen MR) is 123 cm³/mol. The summed E-state index contributed by atoms with van der Waals surface area (Å²) in [5, 5.41) is 10.1. The molecule has 6 nitrogen and oxygen atoms in total. The number of aromatic nitrogens is 1. The van der Waals surface area contributed by atoms with Crippen LogP contribution in [-0.2, 0) is 10.0 Å². The lowest BCUT2D eigenvalue weighted by atomic mass is 9.79. The molecule has 1 aromatic heterocycles. The number of nitrogens with one attached hydrogen (secondary N) is 1. The molecule has 31 heavy (non-hydrogen) atoms. The average molecular weight is 453 g/mol. The number of hydrogen-bond donors (Lipinski definition) is 1. The maximum Gasteiger partial charge on any atom is 0.261 e. The van der Waals surface area contributed by atoms with Gasteiger partial charge in [-0.3, -0.25) is 4.72 Å². The van der Waals surface area contributed by atoms with Crippen LogP contribution in [0.4, 0.5) is 5.69 Å². The Morgan fingerprint density at radius 1 is 1.06 bits per heavy atom. The molecule has 1 saturated heterocycles. The Bertz CT molecular complexity index is 1230.